The summed E-state index contributed by atoms with van der Waals surface area (Å²) >= 11 is 0. The predicted octanol–water partition coefficient (Wildman–Crippen LogP) is 0.966. The standard InChI is InChI=1S/C21H26N4O5S/c1-13-18(20(27)24-21(28)22-13)31(29,30)25-11-5-8-15(12-25)19(26)23-17-10-4-7-14-6-2-3-9-16(14)17/h2-3,6,9,15,17H,4-5,7-8,10-12H2,1H3,(H,23,26)(H2,22,24,27,28). The van der Waals surface area contributed by atoms with Crippen molar-refractivity contribution in [2.75, 3.05) is 13.1 Å². The minimum Gasteiger partial charge on any atom is -0.349 e. The summed E-state index contributed by atoms with van der Waals surface area (Å²) in [6.45, 7) is 1.59. The molecule has 1 saturated heterocycles. The Kier molecular flexibility index (Phi) is 5.85. The van der Waals surface area contributed by atoms with Gasteiger partial charge in [0.25, 0.3) is 5.56 Å². The van der Waals surface area contributed by atoms with Gasteiger partial charge in [-0.2, -0.15) is 4.31 Å². The number of benzene rings is 1. The van der Waals surface area contributed by atoms with Gasteiger partial charge in [0.1, 0.15) is 0 Å². The summed E-state index contributed by atoms with van der Waals surface area (Å²) in [4.78, 5) is 40.4. The molecule has 1 aliphatic heterocycles. The molecule has 1 fully saturated rings. The minimum absolute atomic E-state index is 0.000536. The van der Waals surface area contributed by atoms with Gasteiger partial charge >= 0.3 is 5.69 Å². The number of carbonyl (C=O) groups excluding carboxylic acids is 1. The normalized spacial score (nSPS) is 22.0. The van der Waals surface area contributed by atoms with Crippen LogP contribution in [0.3, 0.4) is 0 Å². The lowest BCUT2D eigenvalue weighted by molar-refractivity contribution is -0.127. The summed E-state index contributed by atoms with van der Waals surface area (Å²) in [6.07, 6.45) is 3.92. The van der Waals surface area contributed by atoms with Gasteiger partial charge in [-0.15, -0.1) is 0 Å². The number of nitrogens with zero attached hydrogens (tertiary/aromatic N) is 1. The van der Waals surface area contributed by atoms with Crippen molar-refractivity contribution in [1.82, 2.24) is 19.6 Å². The van der Waals surface area contributed by atoms with Crippen LogP contribution in [0.15, 0.2) is 38.8 Å². The molecule has 0 radical (unpaired) electrons. The minimum atomic E-state index is -4.15. The fourth-order valence-corrected chi connectivity index (χ4v) is 6.32. The monoisotopic (exact) mass is 446 g/mol. The number of aromatic nitrogens is 2. The van der Waals surface area contributed by atoms with Crippen molar-refractivity contribution in [1.29, 1.82) is 0 Å². The Morgan fingerprint density at radius 1 is 1.13 bits per heavy atom. The summed E-state index contributed by atoms with van der Waals surface area (Å²) in [5.41, 5.74) is 0.633. The number of hydrogen-bond donors (Lipinski definition) is 3. The highest BCUT2D eigenvalue weighted by molar-refractivity contribution is 7.89. The van der Waals surface area contributed by atoms with E-state index in [1.807, 2.05) is 23.2 Å². The molecule has 3 N–H and O–H groups in total. The number of fused-ring (bicyclic) bond motifs is 1. The van der Waals surface area contributed by atoms with Gasteiger partial charge in [0.15, 0.2) is 4.90 Å². The quantitative estimate of drug-likeness (QED) is 0.644. The zero-order chi connectivity index (χ0) is 22.2. The fourth-order valence-electron chi connectivity index (χ4n) is 4.60. The first-order valence-electron chi connectivity index (χ1n) is 10.5. The molecule has 1 amide bonds. The number of amides is 1. The lowest BCUT2D eigenvalue weighted by Crippen LogP contribution is -2.47. The van der Waals surface area contributed by atoms with Crippen LogP contribution in [0.1, 0.15) is 48.5 Å². The molecule has 2 aliphatic rings. The van der Waals surface area contributed by atoms with Gasteiger partial charge < -0.3 is 10.3 Å². The van der Waals surface area contributed by atoms with Crippen molar-refractivity contribution in [2.24, 2.45) is 5.92 Å². The first-order valence-corrected chi connectivity index (χ1v) is 11.9. The molecule has 2 aromatic rings. The molecular formula is C21H26N4O5S. The highest BCUT2D eigenvalue weighted by Gasteiger charge is 2.36. The number of aryl methyl sites for hydroxylation is 2. The summed E-state index contributed by atoms with van der Waals surface area (Å²) in [5, 5.41) is 3.11. The zero-order valence-electron chi connectivity index (χ0n) is 17.3. The Morgan fingerprint density at radius 2 is 1.90 bits per heavy atom. The average Bonchev–Trinajstić information content (AvgIpc) is 2.73. The summed E-state index contributed by atoms with van der Waals surface area (Å²) < 4.78 is 27.4. The van der Waals surface area contributed by atoms with Crippen LogP contribution < -0.4 is 16.6 Å². The smallest absolute Gasteiger partial charge is 0.325 e. The number of aromatic amines is 2. The molecule has 4 rings (SSSR count). The summed E-state index contributed by atoms with van der Waals surface area (Å²) in [6, 6.07) is 7.98. The van der Waals surface area contributed by atoms with E-state index in [9.17, 15) is 22.8 Å². The van der Waals surface area contributed by atoms with Gasteiger partial charge in [-0.25, -0.2) is 13.2 Å². The molecule has 9 nitrogen and oxygen atoms in total. The van der Waals surface area contributed by atoms with E-state index < -0.39 is 32.1 Å². The van der Waals surface area contributed by atoms with Crippen LogP contribution in [-0.2, 0) is 21.2 Å². The van der Waals surface area contributed by atoms with Crippen LogP contribution in [0, 0.1) is 12.8 Å². The second-order valence-electron chi connectivity index (χ2n) is 8.22. The molecule has 0 bridgehead atoms. The second kappa shape index (κ2) is 8.43. The van der Waals surface area contributed by atoms with Crippen LogP contribution in [-0.4, -0.2) is 41.7 Å². The topological polar surface area (TPSA) is 132 Å². The van der Waals surface area contributed by atoms with Crippen molar-refractivity contribution < 1.29 is 13.2 Å². The van der Waals surface area contributed by atoms with E-state index in [1.165, 1.54) is 16.8 Å². The van der Waals surface area contributed by atoms with E-state index in [0.717, 1.165) is 24.8 Å². The van der Waals surface area contributed by atoms with E-state index in [1.54, 1.807) is 0 Å². The number of nitrogens with one attached hydrogen (secondary N) is 3. The molecule has 1 aromatic carbocycles. The number of rotatable bonds is 4. The Hall–Kier alpha value is -2.72. The van der Waals surface area contributed by atoms with Crippen molar-refractivity contribution in [3.63, 3.8) is 0 Å². The van der Waals surface area contributed by atoms with Crippen LogP contribution in [0.25, 0.3) is 0 Å². The Balaban J connectivity index is 1.52. The van der Waals surface area contributed by atoms with Gasteiger partial charge in [-0.3, -0.25) is 14.6 Å². The maximum absolute atomic E-state index is 13.1. The molecule has 166 valence electrons. The molecule has 1 aromatic heterocycles. The first kappa shape index (κ1) is 21.5. The molecule has 0 spiro atoms. The zero-order valence-corrected chi connectivity index (χ0v) is 18.1. The van der Waals surface area contributed by atoms with E-state index in [2.05, 4.69) is 16.4 Å². The van der Waals surface area contributed by atoms with E-state index in [4.69, 9.17) is 0 Å². The lowest BCUT2D eigenvalue weighted by atomic mass is 9.87. The van der Waals surface area contributed by atoms with E-state index in [0.29, 0.717) is 12.8 Å². The van der Waals surface area contributed by atoms with Gasteiger partial charge in [0, 0.05) is 18.8 Å². The Labute approximate surface area is 179 Å². The maximum atomic E-state index is 13.1. The van der Waals surface area contributed by atoms with Crippen LogP contribution in [0.4, 0.5) is 0 Å². The van der Waals surface area contributed by atoms with E-state index in [-0.39, 0.29) is 30.7 Å². The van der Waals surface area contributed by atoms with Crippen molar-refractivity contribution in [3.05, 3.63) is 61.9 Å². The number of carbonyl (C=O) groups is 1. The third kappa shape index (κ3) is 4.22. The average molecular weight is 447 g/mol. The third-order valence-electron chi connectivity index (χ3n) is 6.11. The Bertz CT molecular complexity index is 1220. The highest BCUT2D eigenvalue weighted by Crippen LogP contribution is 2.30. The maximum Gasteiger partial charge on any atom is 0.325 e. The second-order valence-corrected chi connectivity index (χ2v) is 10.1. The lowest BCUT2D eigenvalue weighted by Gasteiger charge is -2.33. The molecule has 10 heteroatoms. The highest BCUT2D eigenvalue weighted by atomic mass is 32.2. The first-order chi connectivity index (χ1) is 14.8. The van der Waals surface area contributed by atoms with Gasteiger partial charge in [0.2, 0.25) is 15.9 Å². The number of H-pyrrole nitrogens is 2. The van der Waals surface area contributed by atoms with Crippen LogP contribution in [0.5, 0.6) is 0 Å². The molecule has 1 aliphatic carbocycles. The largest absolute Gasteiger partial charge is 0.349 e. The van der Waals surface area contributed by atoms with Gasteiger partial charge in [-0.05, 0) is 50.2 Å². The molecule has 2 unspecified atom stereocenters. The molecular weight excluding hydrogens is 420 g/mol. The fraction of sp³-hybridized carbons (Fsp3) is 0.476. The number of hydrogen-bond acceptors (Lipinski definition) is 5. The van der Waals surface area contributed by atoms with Crippen LogP contribution >= 0.6 is 0 Å². The number of sulfonamides is 1. The van der Waals surface area contributed by atoms with Gasteiger partial charge in [0.05, 0.1) is 12.0 Å². The molecule has 2 heterocycles. The summed E-state index contributed by atoms with van der Waals surface area (Å²) in [7, 11) is -4.15. The van der Waals surface area contributed by atoms with Crippen molar-refractivity contribution in [3.8, 4) is 0 Å². The SMILES string of the molecule is Cc1[nH]c(=O)[nH]c(=O)c1S(=O)(=O)N1CCCC(C(=O)NC2CCCc3ccccc32)C1. The molecule has 2 atom stereocenters. The molecule has 31 heavy (non-hydrogen) atoms. The van der Waals surface area contributed by atoms with Crippen molar-refractivity contribution >= 4 is 15.9 Å². The molecule has 0 saturated carbocycles. The summed E-state index contributed by atoms with van der Waals surface area (Å²) in [5.74, 6) is -0.673. The number of piperidine rings is 1. The van der Waals surface area contributed by atoms with Crippen LogP contribution in [0.2, 0.25) is 0 Å². The predicted molar refractivity (Wildman–Crippen MR) is 114 cm³/mol. The van der Waals surface area contributed by atoms with E-state index >= 15 is 0 Å². The van der Waals surface area contributed by atoms with Crippen molar-refractivity contribution in [2.45, 2.75) is 50.0 Å². The third-order valence-corrected chi connectivity index (χ3v) is 8.13. The van der Waals surface area contributed by atoms with Gasteiger partial charge in [-0.1, -0.05) is 24.3 Å². The Morgan fingerprint density at radius 3 is 2.68 bits per heavy atom.